The molecule has 0 aliphatic carbocycles. The fourth-order valence-corrected chi connectivity index (χ4v) is 6.97. The zero-order valence-corrected chi connectivity index (χ0v) is 15.1. The summed E-state index contributed by atoms with van der Waals surface area (Å²) in [7, 11) is -7.40. The highest BCUT2D eigenvalue weighted by Gasteiger charge is 2.52. The third-order valence-electron chi connectivity index (χ3n) is 4.49. The number of alkyl halides is 3. The van der Waals surface area contributed by atoms with E-state index in [1.807, 2.05) is 27.7 Å². The van der Waals surface area contributed by atoms with Crippen LogP contribution in [0.5, 0.6) is 0 Å². The zero-order chi connectivity index (χ0) is 17.8. The molecule has 1 aromatic rings. The molecule has 0 N–H and O–H groups in total. The van der Waals surface area contributed by atoms with Crippen LogP contribution in [-0.2, 0) is 29.4 Å². The minimum atomic E-state index is -5.70. The van der Waals surface area contributed by atoms with E-state index in [9.17, 15) is 21.6 Å². The highest BCUT2D eigenvalue weighted by Crippen LogP contribution is 2.63. The van der Waals surface area contributed by atoms with Crippen molar-refractivity contribution in [3.63, 3.8) is 0 Å². The Morgan fingerprint density at radius 2 is 1.30 bits per heavy atom. The Labute approximate surface area is 135 Å². The van der Waals surface area contributed by atoms with Crippen LogP contribution in [0.15, 0.2) is 0 Å². The SMILES string of the molecule is COS1(OS(=O)(=O)C(F)(F)F)Cc2c(C)c(C)c(C)c(C)c2C1. The smallest absolute Gasteiger partial charge is 0.286 e. The van der Waals surface area contributed by atoms with Crippen molar-refractivity contribution in [3.05, 3.63) is 33.4 Å². The van der Waals surface area contributed by atoms with Gasteiger partial charge >= 0.3 is 15.6 Å². The van der Waals surface area contributed by atoms with Gasteiger partial charge in [0.15, 0.2) is 0 Å². The number of halogens is 3. The van der Waals surface area contributed by atoms with E-state index in [2.05, 4.69) is 3.63 Å². The van der Waals surface area contributed by atoms with Gasteiger partial charge in [0.1, 0.15) is 0 Å². The molecule has 0 aromatic heterocycles. The quantitative estimate of drug-likeness (QED) is 0.750. The lowest BCUT2D eigenvalue weighted by Crippen LogP contribution is -2.27. The molecule has 132 valence electrons. The van der Waals surface area contributed by atoms with E-state index in [0.29, 0.717) is 0 Å². The van der Waals surface area contributed by atoms with Crippen LogP contribution < -0.4 is 0 Å². The fourth-order valence-electron chi connectivity index (χ4n) is 2.74. The van der Waals surface area contributed by atoms with Gasteiger partial charge < -0.3 is 0 Å². The van der Waals surface area contributed by atoms with Crippen LogP contribution >= 0.6 is 10.6 Å². The van der Waals surface area contributed by atoms with Crippen LogP contribution in [0.25, 0.3) is 0 Å². The second kappa shape index (κ2) is 5.65. The van der Waals surface area contributed by atoms with Crippen molar-refractivity contribution in [1.29, 1.82) is 0 Å². The molecular weight excluding hydrogens is 353 g/mol. The minimum absolute atomic E-state index is 0.0436. The molecule has 0 saturated heterocycles. The predicted molar refractivity (Wildman–Crippen MR) is 83.5 cm³/mol. The average molecular weight is 372 g/mol. The average Bonchev–Trinajstić information content (AvgIpc) is 2.81. The summed E-state index contributed by atoms with van der Waals surface area (Å²) in [5.41, 5.74) is 0.193. The van der Waals surface area contributed by atoms with Crippen LogP contribution in [0.3, 0.4) is 0 Å². The van der Waals surface area contributed by atoms with Crippen LogP contribution in [0.2, 0.25) is 0 Å². The fraction of sp³-hybridized carbons (Fsp3) is 0.571. The summed E-state index contributed by atoms with van der Waals surface area (Å²) in [6, 6.07) is 0. The minimum Gasteiger partial charge on any atom is -0.286 e. The summed E-state index contributed by atoms with van der Waals surface area (Å²) in [5.74, 6) is 0.0872. The van der Waals surface area contributed by atoms with E-state index in [0.717, 1.165) is 33.4 Å². The summed E-state index contributed by atoms with van der Waals surface area (Å²) in [6.07, 6.45) is 0. The molecule has 0 spiro atoms. The number of fused-ring (bicyclic) bond motifs is 1. The molecule has 0 fully saturated rings. The second-order valence-corrected chi connectivity index (χ2v) is 9.94. The normalized spacial score (nSPS) is 18.8. The standard InChI is InChI=1S/C14H19F3O4S2/c1-8-9(2)11(4)13-7-22(20-5,6-12(13)10(8)3)21-23(18,19)14(15,16)17/h6-7H2,1-5H3. The van der Waals surface area contributed by atoms with Crippen molar-refractivity contribution in [2.24, 2.45) is 0 Å². The maximum Gasteiger partial charge on any atom is 0.524 e. The Morgan fingerprint density at radius 3 is 1.61 bits per heavy atom. The first-order valence-electron chi connectivity index (χ1n) is 6.80. The van der Waals surface area contributed by atoms with Gasteiger partial charge in [-0.15, -0.1) is 0 Å². The molecule has 0 bridgehead atoms. The third-order valence-corrected chi connectivity index (χ3v) is 8.83. The largest absolute Gasteiger partial charge is 0.524 e. The van der Waals surface area contributed by atoms with Crippen LogP contribution in [0, 0.1) is 27.7 Å². The van der Waals surface area contributed by atoms with Gasteiger partial charge in [-0.25, -0.2) is 0 Å². The molecule has 1 aliphatic rings. The molecule has 9 heteroatoms. The zero-order valence-electron chi connectivity index (χ0n) is 13.5. The number of hydrogen-bond acceptors (Lipinski definition) is 4. The highest BCUT2D eigenvalue weighted by atomic mass is 32.3. The van der Waals surface area contributed by atoms with Crippen molar-refractivity contribution in [1.82, 2.24) is 0 Å². The van der Waals surface area contributed by atoms with E-state index >= 15 is 0 Å². The van der Waals surface area contributed by atoms with Gasteiger partial charge in [0, 0.05) is 0 Å². The molecule has 0 saturated carbocycles. The predicted octanol–water partition coefficient (Wildman–Crippen LogP) is 4.08. The van der Waals surface area contributed by atoms with Gasteiger partial charge in [0.25, 0.3) is 0 Å². The maximum atomic E-state index is 12.7. The number of hydrogen-bond donors (Lipinski definition) is 0. The Bertz CT molecular complexity index is 718. The van der Waals surface area contributed by atoms with Crippen molar-refractivity contribution >= 4 is 20.7 Å². The molecule has 2 rings (SSSR count). The van der Waals surface area contributed by atoms with E-state index < -0.39 is 26.2 Å². The number of benzene rings is 1. The lowest BCUT2D eigenvalue weighted by Gasteiger charge is -2.36. The molecule has 1 aromatic carbocycles. The topological polar surface area (TPSA) is 52.6 Å². The molecule has 0 atom stereocenters. The summed E-state index contributed by atoms with van der Waals surface area (Å²) in [6.45, 7) is 7.63. The van der Waals surface area contributed by atoms with Crippen molar-refractivity contribution < 1.29 is 29.4 Å². The van der Waals surface area contributed by atoms with Crippen molar-refractivity contribution in [2.75, 3.05) is 7.11 Å². The van der Waals surface area contributed by atoms with Gasteiger partial charge in [0.2, 0.25) is 0 Å². The van der Waals surface area contributed by atoms with E-state index in [-0.39, 0.29) is 11.5 Å². The summed E-state index contributed by atoms with van der Waals surface area (Å²) < 4.78 is 70.6. The Kier molecular flexibility index (Phi) is 4.56. The van der Waals surface area contributed by atoms with Crippen LogP contribution in [0.1, 0.15) is 33.4 Å². The van der Waals surface area contributed by atoms with Gasteiger partial charge in [0.05, 0.1) is 18.6 Å². The van der Waals surface area contributed by atoms with E-state index in [1.165, 1.54) is 7.11 Å². The maximum absolute atomic E-state index is 12.7. The van der Waals surface area contributed by atoms with E-state index in [4.69, 9.17) is 4.18 Å². The van der Waals surface area contributed by atoms with Crippen molar-refractivity contribution in [3.8, 4) is 0 Å². The first kappa shape index (κ1) is 18.6. The molecule has 1 aliphatic heterocycles. The molecule has 1 heterocycles. The van der Waals surface area contributed by atoms with Crippen LogP contribution in [-0.4, -0.2) is 21.0 Å². The Morgan fingerprint density at radius 1 is 0.913 bits per heavy atom. The summed E-state index contributed by atoms with van der Waals surface area (Å²) in [4.78, 5) is 0. The molecule has 0 unspecified atom stereocenters. The second-order valence-electron chi connectivity index (χ2n) is 5.62. The Balaban J connectivity index is 2.51. The molecule has 0 amide bonds. The van der Waals surface area contributed by atoms with Gasteiger partial charge in [-0.05, 0) is 61.1 Å². The highest BCUT2D eigenvalue weighted by molar-refractivity contribution is 8.28. The third kappa shape index (κ3) is 2.99. The lowest BCUT2D eigenvalue weighted by atomic mass is 9.90. The summed E-state index contributed by atoms with van der Waals surface area (Å²) >= 11 is 0. The monoisotopic (exact) mass is 372 g/mol. The Hall–Kier alpha value is -0.770. The van der Waals surface area contributed by atoms with Gasteiger partial charge in [-0.3, -0.25) is 4.18 Å². The van der Waals surface area contributed by atoms with E-state index in [1.54, 1.807) is 0 Å². The molecule has 23 heavy (non-hydrogen) atoms. The molecular formula is C14H19F3O4S2. The van der Waals surface area contributed by atoms with Gasteiger partial charge in [-0.1, -0.05) is 0 Å². The van der Waals surface area contributed by atoms with Gasteiger partial charge in [-0.2, -0.15) is 35.8 Å². The lowest BCUT2D eigenvalue weighted by molar-refractivity contribution is -0.0499. The van der Waals surface area contributed by atoms with Crippen LogP contribution in [0.4, 0.5) is 13.2 Å². The number of rotatable bonds is 3. The first-order valence-corrected chi connectivity index (χ1v) is 10.0. The first-order chi connectivity index (χ1) is 10.4. The van der Waals surface area contributed by atoms with Crippen molar-refractivity contribution in [2.45, 2.75) is 44.7 Å². The molecule has 4 nitrogen and oxygen atoms in total. The molecule has 0 radical (unpaired) electrons. The summed E-state index contributed by atoms with van der Waals surface area (Å²) in [5, 5.41) is 0.